The molecule has 1 aliphatic heterocycles. The van der Waals surface area contributed by atoms with Gasteiger partial charge in [-0.25, -0.2) is 0 Å². The number of nitrogens with one attached hydrogen (secondary N) is 2. The van der Waals surface area contributed by atoms with Crippen molar-refractivity contribution in [3.05, 3.63) is 63.2 Å². The maximum absolute atomic E-state index is 12.5. The zero-order valence-electron chi connectivity index (χ0n) is 14.7. The van der Waals surface area contributed by atoms with E-state index in [2.05, 4.69) is 10.6 Å². The fraction of sp³-hybridized carbons (Fsp3) is 0.222. The molecule has 2 aromatic rings. The first kappa shape index (κ1) is 20.0. The number of hydrogen-bond donors (Lipinski definition) is 2. The van der Waals surface area contributed by atoms with Crippen LogP contribution in [0, 0.1) is 10.1 Å². The van der Waals surface area contributed by atoms with Crippen LogP contribution >= 0.6 is 23.8 Å². The van der Waals surface area contributed by atoms with Gasteiger partial charge < -0.3 is 15.0 Å². The van der Waals surface area contributed by atoms with Crippen LogP contribution in [0.15, 0.2) is 42.5 Å². The Bertz CT molecular complexity index is 918. The second-order valence-corrected chi connectivity index (χ2v) is 6.76. The molecule has 2 N–H and O–H groups in total. The zero-order chi connectivity index (χ0) is 20.1. The molecule has 1 heterocycles. The Kier molecular flexibility index (Phi) is 6.40. The van der Waals surface area contributed by atoms with Crippen LogP contribution < -0.4 is 15.5 Å². The number of rotatable bonds is 4. The Balaban J connectivity index is 1.74. The van der Waals surface area contributed by atoms with E-state index in [1.165, 1.54) is 12.1 Å². The average molecular weight is 421 g/mol. The second-order valence-electron chi connectivity index (χ2n) is 5.95. The molecule has 0 aromatic heterocycles. The number of carbonyl (C=O) groups excluding carboxylic acids is 1. The Morgan fingerprint density at radius 1 is 1.21 bits per heavy atom. The van der Waals surface area contributed by atoms with E-state index in [-0.39, 0.29) is 16.4 Å². The largest absolute Gasteiger partial charge is 0.378 e. The monoisotopic (exact) mass is 420 g/mol. The molecule has 8 nitrogen and oxygen atoms in total. The predicted molar refractivity (Wildman–Crippen MR) is 111 cm³/mol. The molecule has 1 amide bonds. The van der Waals surface area contributed by atoms with Gasteiger partial charge in [0.05, 0.1) is 28.8 Å². The summed E-state index contributed by atoms with van der Waals surface area (Å²) in [4.78, 5) is 25.3. The zero-order valence-corrected chi connectivity index (χ0v) is 16.3. The Hall–Kier alpha value is -2.75. The van der Waals surface area contributed by atoms with Crippen LogP contribution in [-0.4, -0.2) is 42.2 Å². The maximum atomic E-state index is 12.5. The molecule has 2 aromatic carbocycles. The first-order chi connectivity index (χ1) is 13.5. The number of thiocarbonyl (C=S) groups is 1. The van der Waals surface area contributed by atoms with E-state index in [0.29, 0.717) is 42.7 Å². The van der Waals surface area contributed by atoms with Gasteiger partial charge in [0.25, 0.3) is 11.6 Å². The summed E-state index contributed by atoms with van der Waals surface area (Å²) in [5, 5.41) is 17.3. The number of amides is 1. The molecule has 0 aliphatic carbocycles. The number of carbonyl (C=O) groups is 1. The van der Waals surface area contributed by atoms with Crippen LogP contribution in [0.1, 0.15) is 10.4 Å². The lowest BCUT2D eigenvalue weighted by atomic mass is 10.1. The molecule has 0 spiro atoms. The van der Waals surface area contributed by atoms with Crippen molar-refractivity contribution in [1.29, 1.82) is 0 Å². The van der Waals surface area contributed by atoms with Crippen molar-refractivity contribution in [1.82, 2.24) is 5.32 Å². The number of ether oxygens (including phenoxy) is 1. The molecule has 146 valence electrons. The number of nitro groups is 1. The molecule has 10 heteroatoms. The van der Waals surface area contributed by atoms with Gasteiger partial charge in [-0.2, -0.15) is 0 Å². The fourth-order valence-corrected chi connectivity index (χ4v) is 3.16. The van der Waals surface area contributed by atoms with Crippen LogP contribution in [-0.2, 0) is 4.74 Å². The lowest BCUT2D eigenvalue weighted by molar-refractivity contribution is -0.384. The smallest absolute Gasteiger partial charge is 0.293 e. The van der Waals surface area contributed by atoms with E-state index in [9.17, 15) is 14.9 Å². The van der Waals surface area contributed by atoms with Crippen molar-refractivity contribution in [3.8, 4) is 0 Å². The quantitative estimate of drug-likeness (QED) is 0.445. The summed E-state index contributed by atoms with van der Waals surface area (Å²) >= 11 is 11.2. The van der Waals surface area contributed by atoms with Gasteiger partial charge in [0.15, 0.2) is 5.11 Å². The van der Waals surface area contributed by atoms with Crippen LogP contribution in [0.3, 0.4) is 0 Å². The number of hydrogen-bond acceptors (Lipinski definition) is 6. The number of anilines is 2. The highest BCUT2D eigenvalue weighted by Gasteiger charge is 2.23. The Labute approximate surface area is 171 Å². The van der Waals surface area contributed by atoms with Gasteiger partial charge in [-0.3, -0.25) is 20.2 Å². The van der Waals surface area contributed by atoms with E-state index < -0.39 is 10.8 Å². The number of para-hydroxylation sites is 1. The van der Waals surface area contributed by atoms with Crippen molar-refractivity contribution < 1.29 is 14.5 Å². The van der Waals surface area contributed by atoms with Crippen LogP contribution in [0.2, 0.25) is 5.02 Å². The fourth-order valence-electron chi connectivity index (χ4n) is 2.77. The summed E-state index contributed by atoms with van der Waals surface area (Å²) in [6.45, 7) is 2.11. The predicted octanol–water partition coefficient (Wildman–Crippen LogP) is 3.21. The third-order valence-corrected chi connectivity index (χ3v) is 4.67. The van der Waals surface area contributed by atoms with E-state index in [4.69, 9.17) is 28.6 Å². The van der Waals surface area contributed by atoms with Crippen molar-refractivity contribution in [2.75, 3.05) is 36.5 Å². The lowest BCUT2D eigenvalue weighted by Crippen LogP contribution is -2.37. The molecular weight excluding hydrogens is 404 g/mol. The van der Waals surface area contributed by atoms with Gasteiger partial charge in [0, 0.05) is 24.7 Å². The van der Waals surface area contributed by atoms with Crippen molar-refractivity contribution >= 4 is 51.9 Å². The van der Waals surface area contributed by atoms with Gasteiger partial charge in [-0.05, 0) is 36.5 Å². The molecule has 28 heavy (non-hydrogen) atoms. The van der Waals surface area contributed by atoms with Gasteiger partial charge in [0.2, 0.25) is 0 Å². The normalized spacial score (nSPS) is 13.7. The first-order valence-electron chi connectivity index (χ1n) is 8.43. The molecule has 0 radical (unpaired) electrons. The lowest BCUT2D eigenvalue weighted by Gasteiger charge is -2.28. The highest BCUT2D eigenvalue weighted by atomic mass is 35.5. The van der Waals surface area contributed by atoms with Gasteiger partial charge in [-0.1, -0.05) is 23.7 Å². The molecule has 3 rings (SSSR count). The van der Waals surface area contributed by atoms with Crippen molar-refractivity contribution in [2.45, 2.75) is 0 Å². The molecule has 0 bridgehead atoms. The average Bonchev–Trinajstić information content (AvgIpc) is 2.70. The third-order valence-electron chi connectivity index (χ3n) is 4.14. The summed E-state index contributed by atoms with van der Waals surface area (Å²) in [7, 11) is 0. The molecule has 1 fully saturated rings. The standard InChI is InChI=1S/C18H17ClN4O4S/c19-13-3-1-2-4-14(13)20-18(28)21-17(24)12-5-6-15(16(11-12)23(25)26)22-7-9-27-10-8-22/h1-6,11H,7-10H2,(H2,20,21,24,28). The summed E-state index contributed by atoms with van der Waals surface area (Å²) in [5.74, 6) is -0.554. The minimum atomic E-state index is -0.554. The van der Waals surface area contributed by atoms with Crippen LogP contribution in [0.4, 0.5) is 17.1 Å². The minimum absolute atomic E-state index is 0.0398. The third kappa shape index (κ3) is 4.75. The molecule has 1 saturated heterocycles. The highest BCUT2D eigenvalue weighted by Crippen LogP contribution is 2.30. The Morgan fingerprint density at radius 2 is 1.93 bits per heavy atom. The van der Waals surface area contributed by atoms with Crippen molar-refractivity contribution in [2.24, 2.45) is 0 Å². The van der Waals surface area contributed by atoms with E-state index in [0.717, 1.165) is 0 Å². The highest BCUT2D eigenvalue weighted by molar-refractivity contribution is 7.80. The number of benzene rings is 2. The first-order valence-corrected chi connectivity index (χ1v) is 9.22. The number of halogens is 1. The molecule has 0 saturated carbocycles. The second kappa shape index (κ2) is 8.96. The molecule has 0 unspecified atom stereocenters. The summed E-state index contributed by atoms with van der Waals surface area (Å²) in [6, 6.07) is 11.3. The SMILES string of the molecule is O=C(NC(=S)Nc1ccccc1Cl)c1ccc(N2CCOCC2)c([N+](=O)[O-])c1. The van der Waals surface area contributed by atoms with E-state index in [1.54, 1.807) is 30.3 Å². The van der Waals surface area contributed by atoms with Crippen molar-refractivity contribution in [3.63, 3.8) is 0 Å². The summed E-state index contributed by atoms with van der Waals surface area (Å²) < 4.78 is 5.28. The van der Waals surface area contributed by atoms with Crippen LogP contribution in [0.5, 0.6) is 0 Å². The summed E-state index contributed by atoms with van der Waals surface area (Å²) in [5.41, 5.74) is 0.997. The maximum Gasteiger partial charge on any atom is 0.293 e. The number of nitrogens with zero attached hydrogens (tertiary/aromatic N) is 2. The number of morpholine rings is 1. The number of nitro benzene ring substituents is 1. The van der Waals surface area contributed by atoms with Gasteiger partial charge in [-0.15, -0.1) is 0 Å². The Morgan fingerprint density at radius 3 is 2.61 bits per heavy atom. The molecule has 1 aliphatic rings. The van der Waals surface area contributed by atoms with Gasteiger partial charge >= 0.3 is 0 Å². The molecular formula is C18H17ClN4O4S. The van der Waals surface area contributed by atoms with Crippen LogP contribution in [0.25, 0.3) is 0 Å². The van der Waals surface area contributed by atoms with E-state index >= 15 is 0 Å². The van der Waals surface area contributed by atoms with Gasteiger partial charge in [0.1, 0.15) is 5.69 Å². The van der Waals surface area contributed by atoms with E-state index in [1.807, 2.05) is 4.90 Å². The topological polar surface area (TPSA) is 96.7 Å². The minimum Gasteiger partial charge on any atom is -0.378 e. The molecule has 0 atom stereocenters. The summed E-state index contributed by atoms with van der Waals surface area (Å²) in [6.07, 6.45) is 0.